The normalized spacial score (nSPS) is 24.7. The van der Waals surface area contributed by atoms with Crippen molar-refractivity contribution in [1.82, 2.24) is 29.2 Å². The van der Waals surface area contributed by atoms with Crippen molar-refractivity contribution in [2.75, 3.05) is 11.4 Å². The quantitative estimate of drug-likeness (QED) is 0.484. The lowest BCUT2D eigenvalue weighted by atomic mass is 10.1. The fraction of sp³-hybridized carbons (Fsp3) is 0.381. The monoisotopic (exact) mass is 437 g/mol. The molecule has 0 radical (unpaired) electrons. The smallest absolute Gasteiger partial charge is 0.280 e. The van der Waals surface area contributed by atoms with Gasteiger partial charge in [-0.2, -0.15) is 4.98 Å². The average molecular weight is 438 g/mol. The number of fused-ring (bicyclic) bond motifs is 2. The van der Waals surface area contributed by atoms with Gasteiger partial charge in [-0.1, -0.05) is 22.8 Å². The molecular formula is C21H20ClN7O2. The van der Waals surface area contributed by atoms with Gasteiger partial charge in [0.25, 0.3) is 5.56 Å². The van der Waals surface area contributed by atoms with Crippen molar-refractivity contribution in [3.05, 3.63) is 64.0 Å². The van der Waals surface area contributed by atoms with E-state index in [1.807, 2.05) is 18.2 Å². The van der Waals surface area contributed by atoms with E-state index in [4.69, 9.17) is 16.1 Å². The lowest BCUT2D eigenvalue weighted by Crippen LogP contribution is -2.32. The van der Waals surface area contributed by atoms with Crippen LogP contribution in [0.4, 0.5) is 5.69 Å². The lowest BCUT2D eigenvalue weighted by molar-refractivity contribution is 0.363. The number of halogens is 1. The maximum absolute atomic E-state index is 12.7. The zero-order valence-corrected chi connectivity index (χ0v) is 17.8. The lowest BCUT2D eigenvalue weighted by Gasteiger charge is -2.28. The second-order valence-electron chi connectivity index (χ2n) is 8.39. The number of hydrogen-bond donors (Lipinski definition) is 0. The first-order valence-corrected chi connectivity index (χ1v) is 10.6. The third-order valence-electron chi connectivity index (χ3n) is 6.61. The highest BCUT2D eigenvalue weighted by Crippen LogP contribution is 2.61. The molecule has 1 aliphatic carbocycles. The van der Waals surface area contributed by atoms with E-state index in [-0.39, 0.29) is 18.0 Å². The first-order chi connectivity index (χ1) is 15.0. The van der Waals surface area contributed by atoms with Crippen molar-refractivity contribution in [3.8, 4) is 0 Å². The zero-order valence-electron chi connectivity index (χ0n) is 17.0. The number of hydrogen-bond acceptors (Lipinski definition) is 7. The molecule has 4 aromatic rings. The molecule has 0 bridgehead atoms. The predicted molar refractivity (Wildman–Crippen MR) is 114 cm³/mol. The Hall–Kier alpha value is -3.20. The van der Waals surface area contributed by atoms with Crippen LogP contribution in [0, 0.1) is 11.8 Å². The van der Waals surface area contributed by atoms with Crippen molar-refractivity contribution in [3.63, 3.8) is 0 Å². The Morgan fingerprint density at radius 2 is 2.10 bits per heavy atom. The minimum atomic E-state index is -0.182. The van der Waals surface area contributed by atoms with Gasteiger partial charge in [-0.15, -0.1) is 0 Å². The van der Waals surface area contributed by atoms with Gasteiger partial charge in [0.15, 0.2) is 17.0 Å². The number of imidazole rings is 1. The average Bonchev–Trinajstić information content (AvgIpc) is 3.04. The summed E-state index contributed by atoms with van der Waals surface area (Å²) in [4.78, 5) is 28.1. The van der Waals surface area contributed by atoms with Gasteiger partial charge in [0.1, 0.15) is 12.9 Å². The van der Waals surface area contributed by atoms with Crippen LogP contribution >= 0.6 is 11.6 Å². The van der Waals surface area contributed by atoms with Crippen LogP contribution in [-0.2, 0) is 13.6 Å². The molecule has 2 unspecified atom stereocenters. The van der Waals surface area contributed by atoms with Crippen molar-refractivity contribution in [1.29, 1.82) is 0 Å². The van der Waals surface area contributed by atoms with E-state index in [0.717, 1.165) is 23.1 Å². The Bertz CT molecular complexity index is 1360. The number of aromatic nitrogens is 6. The summed E-state index contributed by atoms with van der Waals surface area (Å²) >= 11 is 6.17. The van der Waals surface area contributed by atoms with Crippen LogP contribution in [0.25, 0.3) is 11.2 Å². The Labute approximate surface area is 182 Å². The van der Waals surface area contributed by atoms with E-state index >= 15 is 0 Å². The first-order valence-electron chi connectivity index (χ1n) is 10.2. The number of anilines is 1. The summed E-state index contributed by atoms with van der Waals surface area (Å²) in [5.41, 5.74) is 1.85. The second-order valence-corrected chi connectivity index (χ2v) is 8.83. The molecule has 3 aromatic heterocycles. The number of benzene rings is 1. The second kappa shape index (κ2) is 6.65. The molecule has 6 rings (SSSR count). The molecule has 1 saturated heterocycles. The van der Waals surface area contributed by atoms with Crippen LogP contribution in [0.5, 0.6) is 0 Å². The van der Waals surface area contributed by atoms with Gasteiger partial charge >= 0.3 is 0 Å². The van der Waals surface area contributed by atoms with Crippen LogP contribution in [0.3, 0.4) is 0 Å². The molecule has 31 heavy (non-hydrogen) atoms. The van der Waals surface area contributed by atoms with Crippen molar-refractivity contribution in [2.45, 2.75) is 25.4 Å². The molecule has 9 nitrogen and oxygen atoms in total. The summed E-state index contributed by atoms with van der Waals surface area (Å²) in [7, 11) is 1.77. The molecule has 1 aliphatic heterocycles. The van der Waals surface area contributed by atoms with E-state index in [9.17, 15) is 4.79 Å². The molecule has 1 saturated carbocycles. The maximum Gasteiger partial charge on any atom is 0.280 e. The highest BCUT2D eigenvalue weighted by atomic mass is 35.5. The van der Waals surface area contributed by atoms with Crippen molar-refractivity contribution < 1.29 is 4.52 Å². The molecule has 1 aromatic carbocycles. The molecule has 4 heterocycles. The summed E-state index contributed by atoms with van der Waals surface area (Å²) in [6.45, 7) is 3.37. The summed E-state index contributed by atoms with van der Waals surface area (Å²) in [6.07, 6.45) is 3.05. The van der Waals surface area contributed by atoms with E-state index in [1.54, 1.807) is 17.9 Å². The Morgan fingerprint density at radius 3 is 2.87 bits per heavy atom. The summed E-state index contributed by atoms with van der Waals surface area (Å²) in [6, 6.07) is 8.35. The fourth-order valence-electron chi connectivity index (χ4n) is 5.05. The molecule has 4 atom stereocenters. The number of nitrogens with zero attached hydrogens (tertiary/aromatic N) is 7. The molecule has 2 fully saturated rings. The van der Waals surface area contributed by atoms with E-state index in [1.165, 1.54) is 10.9 Å². The number of piperidine rings is 1. The van der Waals surface area contributed by atoms with Gasteiger partial charge in [0, 0.05) is 36.3 Å². The SMILES string of the molecule is CC1C2[C@H](CN1c1cccc(Cl)c1)[C@H]2c1noc(Cn2cnc3ncn(C)c3c2=O)n1. The first kappa shape index (κ1) is 18.6. The number of aryl methyl sites for hydroxylation is 1. The Morgan fingerprint density at radius 1 is 1.26 bits per heavy atom. The fourth-order valence-corrected chi connectivity index (χ4v) is 5.24. The third-order valence-corrected chi connectivity index (χ3v) is 6.85. The Balaban J connectivity index is 1.19. The standard InChI is InChI=1S/C21H20ClN7O2/c1-11-16-14(7-29(11)13-5-3-4-12(22)6-13)17(16)19-25-15(31-26-19)8-28-10-24-20-18(21(28)30)27(2)9-23-20/h3-6,9-11,14,16-17H,7-8H2,1-2H3/t11?,14-,16?,17+/m0/s1. The molecule has 0 amide bonds. The summed E-state index contributed by atoms with van der Waals surface area (Å²) < 4.78 is 8.61. The van der Waals surface area contributed by atoms with Gasteiger partial charge in [-0.3, -0.25) is 9.36 Å². The van der Waals surface area contributed by atoms with Crippen LogP contribution in [0.1, 0.15) is 24.6 Å². The highest BCUT2D eigenvalue weighted by molar-refractivity contribution is 6.30. The minimum Gasteiger partial charge on any atom is -0.368 e. The molecule has 0 spiro atoms. The zero-order chi connectivity index (χ0) is 21.3. The van der Waals surface area contributed by atoms with Crippen molar-refractivity contribution in [2.24, 2.45) is 18.9 Å². The molecule has 158 valence electrons. The van der Waals surface area contributed by atoms with Crippen LogP contribution < -0.4 is 10.5 Å². The highest BCUT2D eigenvalue weighted by Gasteiger charge is 2.62. The van der Waals surface area contributed by atoms with Gasteiger partial charge in [0.05, 0.1) is 6.33 Å². The Kier molecular flexibility index (Phi) is 3.98. The van der Waals surface area contributed by atoms with Gasteiger partial charge in [-0.25, -0.2) is 9.97 Å². The van der Waals surface area contributed by atoms with Crippen LogP contribution in [0.2, 0.25) is 5.02 Å². The van der Waals surface area contributed by atoms with Gasteiger partial charge in [0.2, 0.25) is 5.89 Å². The molecule has 2 aliphatic rings. The third kappa shape index (κ3) is 2.87. The van der Waals surface area contributed by atoms with Crippen LogP contribution in [0.15, 0.2) is 46.2 Å². The predicted octanol–water partition coefficient (Wildman–Crippen LogP) is 2.45. The molecule has 0 N–H and O–H groups in total. The number of rotatable bonds is 4. The topological polar surface area (TPSA) is 94.9 Å². The largest absolute Gasteiger partial charge is 0.368 e. The van der Waals surface area contributed by atoms with Gasteiger partial charge in [-0.05, 0) is 37.0 Å². The minimum absolute atomic E-state index is 0.182. The molecular weight excluding hydrogens is 418 g/mol. The maximum atomic E-state index is 12.7. The van der Waals surface area contributed by atoms with Gasteiger partial charge < -0.3 is 14.0 Å². The van der Waals surface area contributed by atoms with E-state index in [2.05, 4.69) is 38.0 Å². The van der Waals surface area contributed by atoms with Crippen LogP contribution in [-0.4, -0.2) is 41.8 Å². The van der Waals surface area contributed by atoms with E-state index < -0.39 is 0 Å². The molecule has 10 heteroatoms. The summed E-state index contributed by atoms with van der Waals surface area (Å²) in [5.74, 6) is 2.40. The summed E-state index contributed by atoms with van der Waals surface area (Å²) in [5, 5.41) is 4.97. The van der Waals surface area contributed by atoms with Crippen molar-refractivity contribution >= 4 is 28.5 Å². The van der Waals surface area contributed by atoms with E-state index in [0.29, 0.717) is 34.9 Å².